The normalized spacial score (nSPS) is 17.8. The van der Waals surface area contributed by atoms with E-state index in [2.05, 4.69) is 10.2 Å². The minimum absolute atomic E-state index is 0.0761. The lowest BCUT2D eigenvalue weighted by Crippen LogP contribution is -2.38. The van der Waals surface area contributed by atoms with E-state index in [9.17, 15) is 9.59 Å². The third kappa shape index (κ3) is 8.49. The zero-order valence-electron chi connectivity index (χ0n) is 20.5. The monoisotopic (exact) mass is 521 g/mol. The molecule has 1 aromatic rings. The molecule has 192 valence electrons. The molecule has 2 aliphatic heterocycles. The maximum absolute atomic E-state index is 12.8. The molecule has 0 saturated carbocycles. The third-order valence-electron chi connectivity index (χ3n) is 5.94. The number of hydrogen-bond donors (Lipinski definition) is 1. The summed E-state index contributed by atoms with van der Waals surface area (Å²) in [5.41, 5.74) is 0.846. The summed E-state index contributed by atoms with van der Waals surface area (Å²) >= 11 is 6.75. The SMILES string of the molecule is COc1ccc(/C=C2\SC(=S)N(CCCCCC(=O)NCCCN3CCOCC3)C2=O)cc1OC. The molecule has 1 N–H and O–H groups in total. The Morgan fingerprint density at radius 2 is 1.89 bits per heavy atom. The van der Waals surface area contributed by atoms with Crippen LogP contribution in [-0.4, -0.2) is 86.1 Å². The second kappa shape index (κ2) is 14.4. The molecule has 2 aliphatic rings. The topological polar surface area (TPSA) is 80.3 Å². The number of methoxy groups -OCH3 is 2. The van der Waals surface area contributed by atoms with Gasteiger partial charge in [0.05, 0.1) is 32.3 Å². The first-order valence-corrected chi connectivity index (χ1v) is 13.3. The number of carbonyl (C=O) groups is 2. The van der Waals surface area contributed by atoms with E-state index in [-0.39, 0.29) is 11.8 Å². The minimum atomic E-state index is -0.0761. The first-order valence-electron chi connectivity index (χ1n) is 12.1. The minimum Gasteiger partial charge on any atom is -0.493 e. The highest BCUT2D eigenvalue weighted by Crippen LogP contribution is 2.34. The molecule has 0 radical (unpaired) electrons. The van der Waals surface area contributed by atoms with Crippen LogP contribution in [0.1, 0.15) is 37.7 Å². The highest BCUT2D eigenvalue weighted by molar-refractivity contribution is 8.26. The van der Waals surface area contributed by atoms with Crippen LogP contribution in [-0.2, 0) is 14.3 Å². The van der Waals surface area contributed by atoms with Gasteiger partial charge in [-0.05, 0) is 49.6 Å². The van der Waals surface area contributed by atoms with Crippen LogP contribution in [0.5, 0.6) is 11.5 Å². The Bertz CT molecular complexity index is 918. The average molecular weight is 522 g/mol. The third-order valence-corrected chi connectivity index (χ3v) is 7.32. The Labute approximate surface area is 217 Å². The molecule has 0 bridgehead atoms. The fourth-order valence-electron chi connectivity index (χ4n) is 3.96. The predicted molar refractivity (Wildman–Crippen MR) is 143 cm³/mol. The van der Waals surface area contributed by atoms with Gasteiger partial charge >= 0.3 is 0 Å². The Morgan fingerprint density at radius 3 is 2.63 bits per heavy atom. The summed E-state index contributed by atoms with van der Waals surface area (Å²) < 4.78 is 16.5. The number of benzene rings is 1. The van der Waals surface area contributed by atoms with Crippen LogP contribution in [0.2, 0.25) is 0 Å². The Balaban J connectivity index is 1.33. The highest BCUT2D eigenvalue weighted by Gasteiger charge is 2.31. The van der Waals surface area contributed by atoms with Crippen molar-refractivity contribution < 1.29 is 23.8 Å². The van der Waals surface area contributed by atoms with Gasteiger partial charge in [-0.3, -0.25) is 19.4 Å². The van der Waals surface area contributed by atoms with Crippen LogP contribution in [0, 0.1) is 0 Å². The number of nitrogens with zero attached hydrogens (tertiary/aromatic N) is 2. The number of morpholine rings is 1. The van der Waals surface area contributed by atoms with Crippen molar-refractivity contribution in [2.75, 3.05) is 60.2 Å². The van der Waals surface area contributed by atoms with Crippen LogP contribution >= 0.6 is 24.0 Å². The zero-order chi connectivity index (χ0) is 25.0. The lowest BCUT2D eigenvalue weighted by molar-refractivity contribution is -0.122. The standard InChI is InChI=1S/C25H35N3O5S2/c1-31-20-9-8-19(17-21(20)32-2)18-22-24(30)28(25(34)35-22)12-5-3-4-7-23(29)26-10-6-11-27-13-15-33-16-14-27/h8-9,17-18H,3-7,10-16H2,1-2H3,(H,26,29)/b22-18-. The number of nitrogens with one attached hydrogen (secondary N) is 1. The number of thiocarbonyl (C=S) groups is 1. The van der Waals surface area contributed by atoms with Gasteiger partial charge in [0.25, 0.3) is 5.91 Å². The first kappa shape index (κ1) is 27.4. The molecule has 2 saturated heterocycles. The molecule has 0 atom stereocenters. The number of unbranched alkanes of at least 4 members (excludes halogenated alkanes) is 2. The van der Waals surface area contributed by atoms with Crippen molar-refractivity contribution in [1.82, 2.24) is 15.1 Å². The lowest BCUT2D eigenvalue weighted by atomic mass is 10.1. The molecule has 3 rings (SSSR count). The fourth-order valence-corrected chi connectivity index (χ4v) is 5.27. The molecule has 1 aromatic carbocycles. The summed E-state index contributed by atoms with van der Waals surface area (Å²) in [5, 5.41) is 3.00. The van der Waals surface area contributed by atoms with E-state index in [4.69, 9.17) is 26.4 Å². The summed E-state index contributed by atoms with van der Waals surface area (Å²) in [4.78, 5) is 29.5. The van der Waals surface area contributed by atoms with E-state index < -0.39 is 0 Å². The van der Waals surface area contributed by atoms with Gasteiger partial charge in [-0.1, -0.05) is 36.5 Å². The van der Waals surface area contributed by atoms with Crippen molar-refractivity contribution in [3.8, 4) is 11.5 Å². The molecule has 2 fully saturated rings. The predicted octanol–water partition coefficient (Wildman–Crippen LogP) is 3.30. The number of carbonyl (C=O) groups excluding carboxylic acids is 2. The van der Waals surface area contributed by atoms with Crippen molar-refractivity contribution >= 4 is 46.2 Å². The Morgan fingerprint density at radius 1 is 1.11 bits per heavy atom. The van der Waals surface area contributed by atoms with Crippen LogP contribution in [0.4, 0.5) is 0 Å². The van der Waals surface area contributed by atoms with Gasteiger partial charge in [-0.15, -0.1) is 0 Å². The summed E-state index contributed by atoms with van der Waals surface area (Å²) in [6.45, 7) is 5.82. The smallest absolute Gasteiger partial charge is 0.266 e. The second-order valence-electron chi connectivity index (χ2n) is 8.42. The van der Waals surface area contributed by atoms with Crippen LogP contribution in [0.25, 0.3) is 6.08 Å². The lowest BCUT2D eigenvalue weighted by Gasteiger charge is -2.26. The van der Waals surface area contributed by atoms with Crippen molar-refractivity contribution in [3.05, 3.63) is 28.7 Å². The molecule has 0 aromatic heterocycles. The van der Waals surface area contributed by atoms with Crippen molar-refractivity contribution in [3.63, 3.8) is 0 Å². The van der Waals surface area contributed by atoms with E-state index in [1.54, 1.807) is 19.1 Å². The van der Waals surface area contributed by atoms with Gasteiger partial charge in [-0.2, -0.15) is 0 Å². The Hall–Kier alpha value is -2.14. The molecule has 2 amide bonds. The highest BCUT2D eigenvalue weighted by atomic mass is 32.2. The molecule has 2 heterocycles. The molecule has 0 spiro atoms. The quantitative estimate of drug-likeness (QED) is 0.241. The largest absolute Gasteiger partial charge is 0.493 e. The summed E-state index contributed by atoms with van der Waals surface area (Å²) in [6, 6.07) is 5.52. The van der Waals surface area contributed by atoms with Crippen LogP contribution in [0.15, 0.2) is 23.1 Å². The number of thioether (sulfide) groups is 1. The summed E-state index contributed by atoms with van der Waals surface area (Å²) in [7, 11) is 3.17. The maximum atomic E-state index is 12.8. The molecule has 0 aliphatic carbocycles. The molecule has 0 unspecified atom stereocenters. The number of ether oxygens (including phenoxy) is 3. The van der Waals surface area contributed by atoms with Gasteiger partial charge in [0.15, 0.2) is 11.5 Å². The van der Waals surface area contributed by atoms with E-state index in [0.717, 1.165) is 64.1 Å². The van der Waals surface area contributed by atoms with Gasteiger partial charge in [0.1, 0.15) is 4.32 Å². The Kier molecular flexibility index (Phi) is 11.3. The van der Waals surface area contributed by atoms with Crippen molar-refractivity contribution in [2.24, 2.45) is 0 Å². The first-order chi connectivity index (χ1) is 17.0. The van der Waals surface area contributed by atoms with Gasteiger partial charge in [0.2, 0.25) is 5.91 Å². The van der Waals surface area contributed by atoms with E-state index >= 15 is 0 Å². The van der Waals surface area contributed by atoms with Crippen LogP contribution < -0.4 is 14.8 Å². The maximum Gasteiger partial charge on any atom is 0.266 e. The number of rotatable bonds is 13. The molecular formula is C25H35N3O5S2. The van der Waals surface area contributed by atoms with Crippen molar-refractivity contribution in [2.45, 2.75) is 32.1 Å². The van der Waals surface area contributed by atoms with Gasteiger partial charge in [0, 0.05) is 32.6 Å². The van der Waals surface area contributed by atoms with Gasteiger partial charge in [-0.25, -0.2) is 0 Å². The number of amides is 2. The summed E-state index contributed by atoms with van der Waals surface area (Å²) in [5.74, 6) is 1.26. The molecule has 10 heteroatoms. The van der Waals surface area contributed by atoms with E-state index in [0.29, 0.717) is 40.2 Å². The fraction of sp³-hybridized carbons (Fsp3) is 0.560. The second-order valence-corrected chi connectivity index (χ2v) is 10.1. The van der Waals surface area contributed by atoms with E-state index in [1.165, 1.54) is 11.8 Å². The van der Waals surface area contributed by atoms with Crippen molar-refractivity contribution in [1.29, 1.82) is 0 Å². The molecule has 35 heavy (non-hydrogen) atoms. The van der Waals surface area contributed by atoms with E-state index in [1.807, 2.05) is 24.3 Å². The molecular weight excluding hydrogens is 486 g/mol. The van der Waals surface area contributed by atoms with Gasteiger partial charge < -0.3 is 19.5 Å². The molecule has 8 nitrogen and oxygen atoms in total. The summed E-state index contributed by atoms with van der Waals surface area (Å²) in [6.07, 6.45) is 5.76. The average Bonchev–Trinajstić information content (AvgIpc) is 3.14. The van der Waals surface area contributed by atoms with Crippen LogP contribution in [0.3, 0.4) is 0 Å². The number of hydrogen-bond acceptors (Lipinski definition) is 8. The zero-order valence-corrected chi connectivity index (χ0v) is 22.2.